The van der Waals surface area contributed by atoms with Gasteiger partial charge in [0.2, 0.25) is 0 Å². The van der Waals surface area contributed by atoms with Crippen LogP contribution >= 0.6 is 0 Å². The van der Waals surface area contributed by atoms with Crippen LogP contribution in [0.2, 0.25) is 0 Å². The van der Waals surface area contributed by atoms with E-state index in [1.165, 1.54) is 7.11 Å². The molecule has 0 saturated heterocycles. The molecular formula is C15H13NO2. The van der Waals surface area contributed by atoms with Crippen LogP contribution < -0.4 is 9.47 Å². The van der Waals surface area contributed by atoms with Gasteiger partial charge in [0.05, 0.1) is 14.2 Å². The molecule has 0 saturated carbocycles. The number of nitriles is 1. The third-order valence-corrected chi connectivity index (χ3v) is 2.74. The normalized spacial score (nSPS) is 9.61. The number of benzene rings is 2. The van der Waals surface area contributed by atoms with Crippen LogP contribution in [0.3, 0.4) is 0 Å². The predicted molar refractivity (Wildman–Crippen MR) is 69.7 cm³/mol. The molecule has 0 atom stereocenters. The van der Waals surface area contributed by atoms with E-state index in [0.29, 0.717) is 17.1 Å². The number of rotatable bonds is 3. The van der Waals surface area contributed by atoms with Crippen molar-refractivity contribution in [2.45, 2.75) is 0 Å². The zero-order valence-electron chi connectivity index (χ0n) is 10.3. The molecular weight excluding hydrogens is 226 g/mol. The molecule has 3 heteroatoms. The zero-order valence-corrected chi connectivity index (χ0v) is 10.3. The van der Waals surface area contributed by atoms with Crippen LogP contribution in [-0.4, -0.2) is 14.2 Å². The smallest absolute Gasteiger partial charge is 0.148 e. The number of ether oxygens (including phenoxy) is 2. The maximum Gasteiger partial charge on any atom is 0.148 e. The molecule has 2 rings (SSSR count). The Morgan fingerprint density at radius 1 is 0.944 bits per heavy atom. The van der Waals surface area contributed by atoms with Crippen molar-refractivity contribution in [3.63, 3.8) is 0 Å². The van der Waals surface area contributed by atoms with E-state index >= 15 is 0 Å². The highest BCUT2D eigenvalue weighted by Crippen LogP contribution is 2.37. The molecule has 0 aliphatic rings. The molecule has 3 nitrogen and oxygen atoms in total. The molecule has 0 aliphatic carbocycles. The lowest BCUT2D eigenvalue weighted by molar-refractivity contribution is 0.393. The first-order valence-electron chi connectivity index (χ1n) is 5.52. The molecule has 0 spiro atoms. The van der Waals surface area contributed by atoms with Crippen LogP contribution in [0.1, 0.15) is 5.56 Å². The van der Waals surface area contributed by atoms with Crippen molar-refractivity contribution in [3.05, 3.63) is 48.0 Å². The highest BCUT2D eigenvalue weighted by atomic mass is 16.5. The first-order valence-corrected chi connectivity index (χ1v) is 5.52. The fourth-order valence-corrected chi connectivity index (χ4v) is 1.90. The number of nitrogens with zero attached hydrogens (tertiary/aromatic N) is 1. The summed E-state index contributed by atoms with van der Waals surface area (Å²) in [6.45, 7) is 0. The molecule has 2 aromatic carbocycles. The van der Waals surface area contributed by atoms with E-state index in [2.05, 4.69) is 6.07 Å². The van der Waals surface area contributed by atoms with Gasteiger partial charge in [0.15, 0.2) is 0 Å². The molecule has 0 fully saturated rings. The molecule has 18 heavy (non-hydrogen) atoms. The molecule has 0 aliphatic heterocycles. The van der Waals surface area contributed by atoms with Gasteiger partial charge in [-0.25, -0.2) is 0 Å². The Hall–Kier alpha value is -2.47. The van der Waals surface area contributed by atoms with Gasteiger partial charge in [0, 0.05) is 5.56 Å². The molecule has 2 aromatic rings. The van der Waals surface area contributed by atoms with Crippen molar-refractivity contribution in [3.8, 4) is 28.7 Å². The minimum atomic E-state index is 0.418. The third kappa shape index (κ3) is 2.01. The van der Waals surface area contributed by atoms with Gasteiger partial charge in [-0.1, -0.05) is 30.3 Å². The number of hydrogen-bond donors (Lipinski definition) is 0. The van der Waals surface area contributed by atoms with Gasteiger partial charge >= 0.3 is 0 Å². The summed E-state index contributed by atoms with van der Waals surface area (Å²) < 4.78 is 10.5. The molecule has 0 bridgehead atoms. The van der Waals surface area contributed by atoms with E-state index in [1.54, 1.807) is 13.2 Å². The van der Waals surface area contributed by atoms with E-state index in [9.17, 15) is 5.26 Å². The molecule has 90 valence electrons. The predicted octanol–water partition coefficient (Wildman–Crippen LogP) is 3.24. The van der Waals surface area contributed by atoms with E-state index in [-0.39, 0.29) is 0 Å². The summed E-state index contributed by atoms with van der Waals surface area (Å²) in [6, 6.07) is 15.6. The monoisotopic (exact) mass is 239 g/mol. The average molecular weight is 239 g/mol. The summed E-state index contributed by atoms with van der Waals surface area (Å²) >= 11 is 0. The van der Waals surface area contributed by atoms with Crippen molar-refractivity contribution >= 4 is 0 Å². The lowest BCUT2D eigenvalue weighted by Crippen LogP contribution is -1.95. The summed E-state index contributed by atoms with van der Waals surface area (Å²) in [5, 5.41) is 9.22. The third-order valence-electron chi connectivity index (χ3n) is 2.74. The maximum atomic E-state index is 9.22. The van der Waals surface area contributed by atoms with Gasteiger partial charge in [-0.3, -0.25) is 0 Å². The van der Waals surface area contributed by atoms with Crippen LogP contribution in [0.4, 0.5) is 0 Å². The Morgan fingerprint density at radius 3 is 2.22 bits per heavy atom. The Labute approximate surface area is 106 Å². The Kier molecular flexibility index (Phi) is 3.49. The summed E-state index contributed by atoms with van der Waals surface area (Å²) in [6.07, 6.45) is 0. The summed E-state index contributed by atoms with van der Waals surface area (Å²) in [7, 11) is 3.10. The van der Waals surface area contributed by atoms with Crippen molar-refractivity contribution in [2.75, 3.05) is 14.2 Å². The van der Waals surface area contributed by atoms with Crippen molar-refractivity contribution in [1.82, 2.24) is 0 Å². The lowest BCUT2D eigenvalue weighted by Gasteiger charge is -2.13. The average Bonchev–Trinajstić information content (AvgIpc) is 2.46. The molecule has 0 heterocycles. The fourth-order valence-electron chi connectivity index (χ4n) is 1.90. The van der Waals surface area contributed by atoms with Crippen molar-refractivity contribution in [1.29, 1.82) is 5.26 Å². The minimum absolute atomic E-state index is 0.418. The largest absolute Gasteiger partial charge is 0.495 e. The van der Waals surface area contributed by atoms with Crippen LogP contribution in [-0.2, 0) is 0 Å². The summed E-state index contributed by atoms with van der Waals surface area (Å²) in [4.78, 5) is 0. The zero-order chi connectivity index (χ0) is 13.0. The highest BCUT2D eigenvalue weighted by molar-refractivity contribution is 5.76. The Morgan fingerprint density at radius 2 is 1.67 bits per heavy atom. The van der Waals surface area contributed by atoms with Gasteiger partial charge in [-0.15, -0.1) is 0 Å². The van der Waals surface area contributed by atoms with Crippen LogP contribution in [0.15, 0.2) is 42.5 Å². The van der Waals surface area contributed by atoms with E-state index < -0.39 is 0 Å². The van der Waals surface area contributed by atoms with Gasteiger partial charge < -0.3 is 9.47 Å². The van der Waals surface area contributed by atoms with Crippen LogP contribution in [0, 0.1) is 11.3 Å². The number of methoxy groups -OCH3 is 2. The topological polar surface area (TPSA) is 42.2 Å². The molecule has 0 aromatic heterocycles. The number of hydrogen-bond acceptors (Lipinski definition) is 3. The van der Waals surface area contributed by atoms with Gasteiger partial charge in [0.1, 0.15) is 23.1 Å². The summed E-state index contributed by atoms with van der Waals surface area (Å²) in [5.41, 5.74) is 2.31. The van der Waals surface area contributed by atoms with E-state index in [0.717, 1.165) is 11.1 Å². The summed E-state index contributed by atoms with van der Waals surface area (Å²) in [5.74, 6) is 1.07. The second-order valence-corrected chi connectivity index (χ2v) is 3.70. The first-order chi connectivity index (χ1) is 8.81. The molecule has 0 N–H and O–H groups in total. The van der Waals surface area contributed by atoms with Gasteiger partial charge in [-0.05, 0) is 17.7 Å². The second kappa shape index (κ2) is 5.24. The van der Waals surface area contributed by atoms with Crippen molar-refractivity contribution in [2.24, 2.45) is 0 Å². The van der Waals surface area contributed by atoms with Gasteiger partial charge in [-0.2, -0.15) is 5.26 Å². The quantitative estimate of drug-likeness (QED) is 0.825. The van der Waals surface area contributed by atoms with Gasteiger partial charge in [0.25, 0.3) is 0 Å². The van der Waals surface area contributed by atoms with Crippen molar-refractivity contribution < 1.29 is 9.47 Å². The van der Waals surface area contributed by atoms with Crippen LogP contribution in [0.5, 0.6) is 11.5 Å². The molecule has 0 unspecified atom stereocenters. The van der Waals surface area contributed by atoms with E-state index in [4.69, 9.17) is 9.47 Å². The van der Waals surface area contributed by atoms with E-state index in [1.807, 2.05) is 36.4 Å². The standard InChI is InChI=1S/C15H13NO2/c1-17-14-9-8-12(11-6-4-3-5-7-11)15(18-2)13(14)10-16/h3-9H,1-2H3. The lowest BCUT2D eigenvalue weighted by atomic mass is 10.0. The fraction of sp³-hybridized carbons (Fsp3) is 0.133. The minimum Gasteiger partial charge on any atom is -0.495 e. The SMILES string of the molecule is COc1ccc(-c2ccccc2)c(OC)c1C#N. The Balaban J connectivity index is 2.67. The Bertz CT molecular complexity index is 585. The molecule has 0 radical (unpaired) electrons. The molecule has 0 amide bonds. The van der Waals surface area contributed by atoms with Crippen LogP contribution in [0.25, 0.3) is 11.1 Å². The maximum absolute atomic E-state index is 9.22. The second-order valence-electron chi connectivity index (χ2n) is 3.70. The highest BCUT2D eigenvalue weighted by Gasteiger charge is 2.15. The first kappa shape index (κ1) is 12.0.